The van der Waals surface area contributed by atoms with E-state index < -0.39 is 11.9 Å². The molecule has 0 saturated carbocycles. The minimum Gasteiger partial charge on any atom is -0.507 e. The average Bonchev–Trinajstić information content (AvgIpc) is 3.50. The molecular weight excluding hydrogens is 674 g/mol. The van der Waals surface area contributed by atoms with Gasteiger partial charge in [0.05, 0.1) is 20.3 Å². The number of carbonyl (C=O) groups excluding carboxylic acids is 2. The Bertz CT molecular complexity index is 1670. The minimum atomic E-state index is -0.912. The summed E-state index contributed by atoms with van der Waals surface area (Å²) < 4.78 is 21.2. The van der Waals surface area contributed by atoms with E-state index in [0.717, 1.165) is 55.1 Å². The molecule has 1 aromatic rings. The third kappa shape index (κ3) is 13.2. The first-order chi connectivity index (χ1) is 25.1. The summed E-state index contributed by atoms with van der Waals surface area (Å²) in [7, 11) is 1.54. The van der Waals surface area contributed by atoms with Gasteiger partial charge in [-0.1, -0.05) is 67.0 Å². The summed E-state index contributed by atoms with van der Waals surface area (Å²) in [6.45, 7) is 18.9. The van der Waals surface area contributed by atoms with Gasteiger partial charge in [0.2, 0.25) is 0 Å². The number of cyclic esters (lactones) is 1. The molecule has 0 atom stereocenters. The number of ether oxygens (including phenoxy) is 4. The van der Waals surface area contributed by atoms with Crippen molar-refractivity contribution in [1.29, 1.82) is 0 Å². The number of nitrogens with zero attached hydrogens (tertiary/aromatic N) is 1. The van der Waals surface area contributed by atoms with Gasteiger partial charge in [-0.25, -0.2) is 9.59 Å². The number of carboxylic acids is 1. The number of esters is 2. The largest absolute Gasteiger partial charge is 0.507 e. The first-order valence-corrected chi connectivity index (χ1v) is 18.5. The van der Waals surface area contributed by atoms with Gasteiger partial charge in [-0.15, -0.1) is 0 Å². The van der Waals surface area contributed by atoms with E-state index in [1.165, 1.54) is 36.5 Å². The van der Waals surface area contributed by atoms with E-state index in [9.17, 15) is 19.5 Å². The summed E-state index contributed by atoms with van der Waals surface area (Å²) in [4.78, 5) is 36.8. The summed E-state index contributed by atoms with van der Waals surface area (Å²) in [5.74, 6) is -1.19. The van der Waals surface area contributed by atoms with Gasteiger partial charge in [-0.05, 0) is 88.8 Å². The second-order valence-electron chi connectivity index (χ2n) is 14.6. The van der Waals surface area contributed by atoms with Crippen molar-refractivity contribution in [3.8, 4) is 11.5 Å². The maximum atomic E-state index is 12.0. The van der Waals surface area contributed by atoms with Crippen LogP contribution in [0, 0.1) is 12.3 Å². The molecule has 2 N–H and O–H groups in total. The van der Waals surface area contributed by atoms with Gasteiger partial charge in [0.25, 0.3) is 0 Å². The van der Waals surface area contributed by atoms with Crippen molar-refractivity contribution in [2.24, 2.45) is 5.41 Å². The molecule has 10 heteroatoms. The molecule has 0 spiro atoms. The van der Waals surface area contributed by atoms with E-state index in [2.05, 4.69) is 44.7 Å². The van der Waals surface area contributed by atoms with Gasteiger partial charge in [0.1, 0.15) is 30.3 Å². The van der Waals surface area contributed by atoms with Crippen molar-refractivity contribution in [3.63, 3.8) is 0 Å². The molecule has 4 rings (SSSR count). The highest BCUT2D eigenvalue weighted by Crippen LogP contribution is 2.42. The molecule has 2 aliphatic heterocycles. The zero-order valence-electron chi connectivity index (χ0n) is 32.9. The maximum Gasteiger partial charge on any atom is 0.342 e. The Kier molecular flexibility index (Phi) is 16.8. The molecule has 10 nitrogen and oxygen atoms in total. The fraction of sp³-hybridized carbons (Fsp3) is 0.512. The fourth-order valence-corrected chi connectivity index (χ4v) is 6.77. The molecule has 1 fully saturated rings. The van der Waals surface area contributed by atoms with Crippen LogP contribution < -0.4 is 4.74 Å². The lowest BCUT2D eigenvalue weighted by molar-refractivity contribution is -0.144. The average molecular weight is 734 g/mol. The van der Waals surface area contributed by atoms with E-state index in [1.807, 2.05) is 32.1 Å². The van der Waals surface area contributed by atoms with Crippen LogP contribution in [-0.2, 0) is 36.8 Å². The van der Waals surface area contributed by atoms with E-state index in [-0.39, 0.29) is 29.3 Å². The number of hydrogen-bond acceptors (Lipinski definition) is 9. The Morgan fingerprint density at radius 3 is 2.42 bits per heavy atom. The van der Waals surface area contributed by atoms with Crippen molar-refractivity contribution in [2.45, 2.75) is 93.6 Å². The Balaban J connectivity index is 0.000000304. The normalized spacial score (nSPS) is 18.2. The smallest absolute Gasteiger partial charge is 0.342 e. The van der Waals surface area contributed by atoms with Crippen LogP contribution in [0.5, 0.6) is 11.5 Å². The van der Waals surface area contributed by atoms with Gasteiger partial charge in [0, 0.05) is 43.3 Å². The molecule has 0 bridgehead atoms. The standard InChI is InChI=1S/C23H31NO7.C20H28O2/c1-15(5-7-19(25)30-13-10-24-8-11-29-12-9-24)4-6-17-21(26)20-18(14-31-23(20)27)16(2)22(17)28-3;1-15(8-6-9-16(2)14-19(21)22)11-12-18-17(3)10-7-13-20(18,4)5/h4,26H,5-14H2,1-3H3;6,8-9,11-12,14H,7,10,13H2,1-5H3,(H,21,22)/b15-4+;9-6+,12-11+,15-8+,16-14+. The molecule has 3 aliphatic rings. The molecule has 1 aromatic carbocycles. The molecule has 0 unspecified atom stereocenters. The zero-order valence-corrected chi connectivity index (χ0v) is 32.9. The Hall–Kier alpha value is -4.41. The molecular formula is C43H59NO9. The predicted octanol–water partition coefficient (Wildman–Crippen LogP) is 8.13. The number of hydrogen-bond donors (Lipinski definition) is 2. The van der Waals surface area contributed by atoms with Crippen molar-refractivity contribution in [3.05, 3.63) is 92.7 Å². The Morgan fingerprint density at radius 1 is 1.04 bits per heavy atom. The van der Waals surface area contributed by atoms with Crippen molar-refractivity contribution in [2.75, 3.05) is 46.6 Å². The number of phenols is 1. The number of allylic oxidation sites excluding steroid dienone is 11. The summed E-state index contributed by atoms with van der Waals surface area (Å²) in [5.41, 5.74) is 8.33. The first-order valence-electron chi connectivity index (χ1n) is 18.5. The van der Waals surface area contributed by atoms with E-state index in [4.69, 9.17) is 24.1 Å². The topological polar surface area (TPSA) is 132 Å². The molecule has 1 aliphatic carbocycles. The molecule has 0 radical (unpaired) electrons. The number of phenolic OH excluding ortho intramolecular Hbond substituents is 1. The third-order valence-electron chi connectivity index (χ3n) is 9.92. The van der Waals surface area contributed by atoms with Crippen LogP contribution in [0.1, 0.15) is 101 Å². The van der Waals surface area contributed by atoms with Gasteiger partial charge >= 0.3 is 17.9 Å². The molecule has 290 valence electrons. The van der Waals surface area contributed by atoms with E-state index in [0.29, 0.717) is 42.7 Å². The zero-order chi connectivity index (χ0) is 39.1. The number of methoxy groups -OCH3 is 1. The maximum absolute atomic E-state index is 12.0. The van der Waals surface area contributed by atoms with Crippen LogP contribution >= 0.6 is 0 Å². The molecule has 2 heterocycles. The Labute approximate surface area is 315 Å². The molecule has 0 aromatic heterocycles. The monoisotopic (exact) mass is 733 g/mol. The number of aromatic hydroxyl groups is 1. The summed E-state index contributed by atoms with van der Waals surface area (Å²) >= 11 is 0. The highest BCUT2D eigenvalue weighted by atomic mass is 16.5. The van der Waals surface area contributed by atoms with Gasteiger partial charge in [-0.3, -0.25) is 9.69 Å². The number of benzene rings is 1. The molecule has 0 amide bonds. The SMILES string of the molecule is CC1=C(/C=C/C(C)=C/C=C/C(C)=C/C(=O)O)C(C)(C)CCC1.COc1c(C)c2c(c(O)c1C/C=C(\C)CCC(=O)OCCN1CCOCC1)C(=O)OC2. The van der Waals surface area contributed by atoms with Crippen LogP contribution in [0.3, 0.4) is 0 Å². The highest BCUT2D eigenvalue weighted by molar-refractivity contribution is 5.98. The van der Waals surface area contributed by atoms with E-state index in [1.54, 1.807) is 20.1 Å². The van der Waals surface area contributed by atoms with Gasteiger partial charge < -0.3 is 29.2 Å². The minimum absolute atomic E-state index is 0.0912. The van der Waals surface area contributed by atoms with Gasteiger partial charge in [-0.2, -0.15) is 0 Å². The van der Waals surface area contributed by atoms with Crippen molar-refractivity contribution in [1.82, 2.24) is 4.90 Å². The third-order valence-corrected chi connectivity index (χ3v) is 9.92. The number of carboxylic acid groups (broad SMARTS) is 1. The number of aliphatic carboxylic acids is 1. The van der Waals surface area contributed by atoms with Crippen LogP contribution in [0.2, 0.25) is 0 Å². The van der Waals surface area contributed by atoms with Crippen LogP contribution in [0.15, 0.2) is 70.4 Å². The Morgan fingerprint density at radius 2 is 1.75 bits per heavy atom. The van der Waals surface area contributed by atoms with Crippen molar-refractivity contribution < 1.29 is 43.5 Å². The van der Waals surface area contributed by atoms with Crippen LogP contribution in [0.4, 0.5) is 0 Å². The van der Waals surface area contributed by atoms with Crippen molar-refractivity contribution >= 4 is 17.9 Å². The van der Waals surface area contributed by atoms with Crippen LogP contribution in [-0.4, -0.2) is 79.6 Å². The first kappa shape index (κ1) is 43.0. The number of fused-ring (bicyclic) bond motifs is 1. The highest BCUT2D eigenvalue weighted by Gasteiger charge is 2.32. The van der Waals surface area contributed by atoms with Crippen LogP contribution in [0.25, 0.3) is 0 Å². The summed E-state index contributed by atoms with van der Waals surface area (Å²) in [6, 6.07) is 0. The lowest BCUT2D eigenvalue weighted by atomic mass is 9.72. The quantitative estimate of drug-likeness (QED) is 0.0836. The fourth-order valence-electron chi connectivity index (χ4n) is 6.77. The predicted molar refractivity (Wildman–Crippen MR) is 207 cm³/mol. The van der Waals surface area contributed by atoms with Gasteiger partial charge in [0.15, 0.2) is 0 Å². The second kappa shape index (κ2) is 20.7. The second-order valence-corrected chi connectivity index (χ2v) is 14.6. The number of rotatable bonds is 14. The summed E-state index contributed by atoms with van der Waals surface area (Å²) in [6.07, 6.45) is 18.2. The molecule has 1 saturated heterocycles. The lowest BCUT2D eigenvalue weighted by Gasteiger charge is -2.32. The number of morpholine rings is 1. The lowest BCUT2D eigenvalue weighted by Crippen LogP contribution is -2.38. The molecule has 53 heavy (non-hydrogen) atoms. The number of carbonyl (C=O) groups is 3. The summed E-state index contributed by atoms with van der Waals surface area (Å²) in [5, 5.41) is 19.3. The van der Waals surface area contributed by atoms with E-state index >= 15 is 0 Å².